The number of carbonyl (C=O) groups excluding carboxylic acids is 1. The van der Waals surface area contributed by atoms with Gasteiger partial charge >= 0.3 is 5.69 Å². The van der Waals surface area contributed by atoms with Gasteiger partial charge in [-0.2, -0.15) is 5.10 Å². The molecule has 0 aliphatic heterocycles. The van der Waals surface area contributed by atoms with Gasteiger partial charge in [0.05, 0.1) is 11.0 Å². The summed E-state index contributed by atoms with van der Waals surface area (Å²) in [5.74, 6) is -0.314. The molecule has 0 saturated heterocycles. The van der Waals surface area contributed by atoms with Crippen molar-refractivity contribution in [1.82, 2.24) is 15.1 Å². The summed E-state index contributed by atoms with van der Waals surface area (Å²) in [6.45, 7) is 6.18. The first-order valence-electron chi connectivity index (χ1n) is 7.84. The van der Waals surface area contributed by atoms with Crippen LogP contribution in [0.4, 0.5) is 5.69 Å². The van der Waals surface area contributed by atoms with Gasteiger partial charge in [-0.1, -0.05) is 20.8 Å². The van der Waals surface area contributed by atoms with Crippen molar-refractivity contribution in [3.05, 3.63) is 22.0 Å². The molecule has 1 aromatic heterocycles. The maximum absolute atomic E-state index is 12.6. The smallest absolute Gasteiger partial charge is 0.320 e. The molecule has 8 nitrogen and oxygen atoms in total. The van der Waals surface area contributed by atoms with E-state index in [-0.39, 0.29) is 34.9 Å². The van der Waals surface area contributed by atoms with Crippen molar-refractivity contribution in [1.29, 1.82) is 0 Å². The fourth-order valence-electron chi connectivity index (χ4n) is 4.13. The van der Waals surface area contributed by atoms with Crippen LogP contribution in [0.3, 0.4) is 0 Å². The molecule has 0 unspecified atom stereocenters. The number of aryl methyl sites for hydroxylation is 1. The number of ether oxygens (including phenoxy) is 1. The molecule has 0 aromatic carbocycles. The minimum atomic E-state index is -0.586. The molecule has 3 atom stereocenters. The van der Waals surface area contributed by atoms with Crippen LogP contribution in [0.2, 0.25) is 0 Å². The fraction of sp³-hybridized carbons (Fsp3) is 0.733. The first-order valence-corrected chi connectivity index (χ1v) is 7.84. The van der Waals surface area contributed by atoms with Gasteiger partial charge in [-0.3, -0.25) is 19.6 Å². The summed E-state index contributed by atoms with van der Waals surface area (Å²) in [6, 6.07) is -0.0792. The molecule has 1 N–H and O–H groups in total. The van der Waals surface area contributed by atoms with E-state index in [1.807, 2.05) is 6.92 Å². The van der Waals surface area contributed by atoms with Crippen molar-refractivity contribution in [3.63, 3.8) is 0 Å². The first-order chi connectivity index (χ1) is 10.8. The van der Waals surface area contributed by atoms with E-state index < -0.39 is 10.8 Å². The largest absolute Gasteiger partial charge is 0.380 e. The van der Waals surface area contributed by atoms with Crippen LogP contribution >= 0.6 is 0 Å². The number of amides is 1. The molecule has 1 amide bonds. The Morgan fingerprint density at radius 2 is 2.13 bits per heavy atom. The molecule has 2 rings (SSSR count). The Morgan fingerprint density at radius 1 is 1.52 bits per heavy atom. The molecule has 1 heterocycles. The van der Waals surface area contributed by atoms with Gasteiger partial charge in [0.25, 0.3) is 5.91 Å². The Balaban J connectivity index is 2.27. The van der Waals surface area contributed by atoms with Crippen molar-refractivity contribution in [2.24, 2.45) is 18.4 Å². The van der Waals surface area contributed by atoms with Gasteiger partial charge in [-0.05, 0) is 12.8 Å². The lowest BCUT2D eigenvalue weighted by molar-refractivity contribution is -0.385. The highest BCUT2D eigenvalue weighted by atomic mass is 16.6. The van der Waals surface area contributed by atoms with E-state index in [1.54, 1.807) is 7.11 Å². The average molecular weight is 324 g/mol. The van der Waals surface area contributed by atoms with Crippen LogP contribution in [0.25, 0.3) is 0 Å². The highest BCUT2D eigenvalue weighted by Gasteiger charge is 2.59. The predicted octanol–water partition coefficient (Wildman–Crippen LogP) is 1.90. The molecule has 1 fully saturated rings. The number of nitrogens with one attached hydrogen (secondary N) is 1. The minimum absolute atomic E-state index is 0.0239. The zero-order valence-electron chi connectivity index (χ0n) is 14.2. The highest BCUT2D eigenvalue weighted by molar-refractivity contribution is 5.96. The summed E-state index contributed by atoms with van der Waals surface area (Å²) < 4.78 is 6.85. The standard InChI is InChI=1S/C15H24N4O4/c1-6-15(7-2)12(9(3)13(15)23-5)17-14(20)11-10(19(21)22)8-16-18(11)4/h8-9,12-13H,6-7H2,1-5H3,(H,17,20)/t9-,12-,13+/m1/s1. The normalized spacial score (nSPS) is 25.7. The quantitative estimate of drug-likeness (QED) is 0.636. The van der Waals surface area contributed by atoms with Gasteiger partial charge in [-0.25, -0.2) is 0 Å². The number of carbonyl (C=O) groups is 1. The lowest BCUT2D eigenvalue weighted by Crippen LogP contribution is -2.70. The van der Waals surface area contributed by atoms with E-state index in [4.69, 9.17) is 4.74 Å². The van der Waals surface area contributed by atoms with Crippen LogP contribution in [0, 0.1) is 21.4 Å². The van der Waals surface area contributed by atoms with E-state index in [9.17, 15) is 14.9 Å². The maximum atomic E-state index is 12.6. The first kappa shape index (κ1) is 17.4. The minimum Gasteiger partial charge on any atom is -0.380 e. The number of methoxy groups -OCH3 is 1. The third-order valence-corrected chi connectivity index (χ3v) is 5.38. The van der Waals surface area contributed by atoms with E-state index in [2.05, 4.69) is 24.3 Å². The van der Waals surface area contributed by atoms with E-state index in [0.717, 1.165) is 19.0 Å². The molecule has 1 aliphatic rings. The molecule has 0 radical (unpaired) electrons. The van der Waals surface area contributed by atoms with Crippen LogP contribution in [0.5, 0.6) is 0 Å². The summed E-state index contributed by atoms with van der Waals surface area (Å²) in [4.78, 5) is 23.1. The predicted molar refractivity (Wildman–Crippen MR) is 84.1 cm³/mol. The topological polar surface area (TPSA) is 99.3 Å². The van der Waals surface area contributed by atoms with Gasteiger partial charge in [-0.15, -0.1) is 0 Å². The zero-order valence-corrected chi connectivity index (χ0v) is 14.2. The second kappa shape index (κ2) is 6.27. The summed E-state index contributed by atoms with van der Waals surface area (Å²) >= 11 is 0. The van der Waals surface area contributed by atoms with Crippen molar-refractivity contribution >= 4 is 11.6 Å². The molecule has 1 aliphatic carbocycles. The molecular formula is C15H24N4O4. The zero-order chi connectivity index (χ0) is 17.4. The highest BCUT2D eigenvalue weighted by Crippen LogP contribution is 2.52. The lowest BCUT2D eigenvalue weighted by atomic mass is 9.53. The van der Waals surface area contributed by atoms with Crippen LogP contribution < -0.4 is 5.32 Å². The van der Waals surface area contributed by atoms with Crippen LogP contribution in [-0.2, 0) is 11.8 Å². The van der Waals surface area contributed by atoms with Crippen LogP contribution in [0.15, 0.2) is 6.20 Å². The number of nitro groups is 1. The van der Waals surface area contributed by atoms with Gasteiger partial charge in [0.2, 0.25) is 5.69 Å². The Bertz CT molecular complexity index is 609. The monoisotopic (exact) mass is 324 g/mol. The van der Waals surface area contributed by atoms with Gasteiger partial charge in [0.1, 0.15) is 6.20 Å². The van der Waals surface area contributed by atoms with Gasteiger partial charge in [0, 0.05) is 31.5 Å². The maximum Gasteiger partial charge on any atom is 0.320 e. The number of rotatable bonds is 6. The van der Waals surface area contributed by atoms with Crippen molar-refractivity contribution in [2.45, 2.75) is 45.8 Å². The van der Waals surface area contributed by atoms with E-state index in [1.165, 1.54) is 11.7 Å². The van der Waals surface area contributed by atoms with E-state index in [0.29, 0.717) is 0 Å². The SMILES string of the molecule is CCC1(CC)[C@H](NC(=O)c2c([N+](=O)[O-])cnn2C)[C@@H](C)[C@@H]1OC. The Hall–Kier alpha value is -1.96. The van der Waals surface area contributed by atoms with Gasteiger partial charge < -0.3 is 10.1 Å². The summed E-state index contributed by atoms with van der Waals surface area (Å²) in [6.07, 6.45) is 2.91. The molecule has 0 spiro atoms. The molecule has 128 valence electrons. The Labute approximate surface area is 135 Å². The van der Waals surface area contributed by atoms with Crippen molar-refractivity contribution < 1.29 is 14.5 Å². The summed E-state index contributed by atoms with van der Waals surface area (Å²) in [5.41, 5.74) is -0.444. The third-order valence-electron chi connectivity index (χ3n) is 5.38. The number of hydrogen-bond donors (Lipinski definition) is 1. The third kappa shape index (κ3) is 2.50. The Morgan fingerprint density at radius 3 is 2.61 bits per heavy atom. The molecule has 23 heavy (non-hydrogen) atoms. The number of hydrogen-bond acceptors (Lipinski definition) is 5. The van der Waals surface area contributed by atoms with Crippen LogP contribution in [-0.4, -0.2) is 39.9 Å². The Kier molecular flexibility index (Phi) is 4.74. The summed E-state index contributed by atoms with van der Waals surface area (Å²) in [7, 11) is 3.21. The second-order valence-corrected chi connectivity index (χ2v) is 6.17. The molecule has 0 bridgehead atoms. The lowest BCUT2D eigenvalue weighted by Gasteiger charge is -2.59. The number of nitrogens with zero attached hydrogens (tertiary/aromatic N) is 3. The van der Waals surface area contributed by atoms with Crippen LogP contribution in [0.1, 0.15) is 44.1 Å². The summed E-state index contributed by atoms with van der Waals surface area (Å²) in [5, 5.41) is 17.9. The molecule has 8 heteroatoms. The van der Waals surface area contributed by atoms with Gasteiger partial charge in [0.15, 0.2) is 0 Å². The van der Waals surface area contributed by atoms with E-state index >= 15 is 0 Å². The molecule has 1 saturated carbocycles. The van der Waals surface area contributed by atoms with Crippen molar-refractivity contribution in [2.75, 3.05) is 7.11 Å². The molecule has 1 aromatic rings. The second-order valence-electron chi connectivity index (χ2n) is 6.17. The average Bonchev–Trinajstić information content (AvgIpc) is 2.91. The molecular weight excluding hydrogens is 300 g/mol. The van der Waals surface area contributed by atoms with Crippen molar-refractivity contribution in [3.8, 4) is 0 Å². The number of aromatic nitrogens is 2. The fourth-order valence-corrected chi connectivity index (χ4v) is 4.13.